The van der Waals surface area contributed by atoms with E-state index < -0.39 is 0 Å². The number of aryl methyl sites for hydroxylation is 1. The van der Waals surface area contributed by atoms with Crippen LogP contribution in [0.3, 0.4) is 0 Å². The summed E-state index contributed by atoms with van der Waals surface area (Å²) in [5.74, 6) is -0.140. The second kappa shape index (κ2) is 8.60. The molecular formula is C24H27N3O2. The standard InChI is InChI=1S/C24H27N3O2/c1-17-7-5-10-19(15-17)27-21(23-20(24(27)29)11-6-13-26-23)16-22(28)25-14-12-18-8-3-2-4-9-18/h5-8,10-11,13,15,21H,2-4,9,12,14,16H2,1H3,(H,25,28). The highest BCUT2D eigenvalue weighted by Gasteiger charge is 2.39. The Kier molecular flexibility index (Phi) is 5.74. The number of carbonyl (C=O) groups excluding carboxylic acids is 2. The number of nitrogens with one attached hydrogen (secondary N) is 1. The van der Waals surface area contributed by atoms with Crippen LogP contribution in [-0.2, 0) is 4.79 Å². The molecule has 5 nitrogen and oxygen atoms in total. The van der Waals surface area contributed by atoms with Crippen LogP contribution in [-0.4, -0.2) is 23.3 Å². The van der Waals surface area contributed by atoms with Gasteiger partial charge in [0.05, 0.1) is 23.7 Å². The van der Waals surface area contributed by atoms with E-state index in [-0.39, 0.29) is 24.3 Å². The maximum atomic E-state index is 13.1. The third kappa shape index (κ3) is 4.24. The molecule has 2 amide bonds. The first kappa shape index (κ1) is 19.4. The summed E-state index contributed by atoms with van der Waals surface area (Å²) in [6.45, 7) is 2.64. The number of pyridine rings is 1. The molecule has 2 heterocycles. The maximum absolute atomic E-state index is 13.1. The number of nitrogens with zero attached hydrogens (tertiary/aromatic N) is 2. The molecule has 1 aliphatic heterocycles. The minimum atomic E-state index is -0.380. The molecule has 1 unspecified atom stereocenters. The molecule has 29 heavy (non-hydrogen) atoms. The predicted molar refractivity (Wildman–Crippen MR) is 114 cm³/mol. The first-order valence-corrected chi connectivity index (χ1v) is 10.4. The van der Waals surface area contributed by atoms with Gasteiger partial charge in [0.15, 0.2) is 0 Å². The Morgan fingerprint density at radius 3 is 2.93 bits per heavy atom. The first-order chi connectivity index (χ1) is 14.1. The monoisotopic (exact) mass is 389 g/mol. The summed E-state index contributed by atoms with van der Waals surface area (Å²) in [5, 5.41) is 3.04. The Hall–Kier alpha value is -2.95. The van der Waals surface area contributed by atoms with E-state index >= 15 is 0 Å². The number of hydrogen-bond donors (Lipinski definition) is 1. The summed E-state index contributed by atoms with van der Waals surface area (Å²) >= 11 is 0. The lowest BCUT2D eigenvalue weighted by Crippen LogP contribution is -2.33. The van der Waals surface area contributed by atoms with Crippen molar-refractivity contribution in [1.29, 1.82) is 0 Å². The molecule has 0 saturated heterocycles. The number of benzene rings is 1. The number of aromatic nitrogens is 1. The molecule has 1 atom stereocenters. The molecule has 0 spiro atoms. The number of rotatable bonds is 6. The van der Waals surface area contributed by atoms with E-state index in [9.17, 15) is 9.59 Å². The summed E-state index contributed by atoms with van der Waals surface area (Å²) in [5.41, 5.74) is 4.59. The Morgan fingerprint density at radius 2 is 2.14 bits per heavy atom. The van der Waals surface area contributed by atoms with Crippen molar-refractivity contribution >= 4 is 17.5 Å². The van der Waals surface area contributed by atoms with Gasteiger partial charge in [-0.05, 0) is 68.9 Å². The molecule has 1 aliphatic carbocycles. The van der Waals surface area contributed by atoms with Gasteiger partial charge in [-0.1, -0.05) is 23.8 Å². The van der Waals surface area contributed by atoms with Crippen LogP contribution in [0, 0.1) is 6.92 Å². The maximum Gasteiger partial charge on any atom is 0.260 e. The van der Waals surface area contributed by atoms with E-state index in [2.05, 4.69) is 16.4 Å². The summed E-state index contributed by atoms with van der Waals surface area (Å²) < 4.78 is 0. The predicted octanol–water partition coefficient (Wildman–Crippen LogP) is 4.49. The summed E-state index contributed by atoms with van der Waals surface area (Å²) in [6.07, 6.45) is 9.93. The largest absolute Gasteiger partial charge is 0.356 e. The molecule has 2 aromatic rings. The SMILES string of the molecule is Cc1cccc(N2C(=O)c3cccnc3C2CC(=O)NCCC2=CCCCC2)c1. The molecule has 0 saturated carbocycles. The van der Waals surface area contributed by atoms with Crippen LogP contribution in [0.5, 0.6) is 0 Å². The smallest absolute Gasteiger partial charge is 0.260 e. The van der Waals surface area contributed by atoms with Crippen molar-refractivity contribution < 1.29 is 9.59 Å². The van der Waals surface area contributed by atoms with Gasteiger partial charge >= 0.3 is 0 Å². The molecule has 150 valence electrons. The van der Waals surface area contributed by atoms with Crippen molar-refractivity contribution in [1.82, 2.24) is 10.3 Å². The van der Waals surface area contributed by atoms with Crippen LogP contribution in [0.4, 0.5) is 5.69 Å². The number of hydrogen-bond acceptors (Lipinski definition) is 3. The van der Waals surface area contributed by atoms with E-state index in [1.165, 1.54) is 18.4 Å². The van der Waals surface area contributed by atoms with E-state index in [1.807, 2.05) is 31.2 Å². The fraction of sp³-hybridized carbons (Fsp3) is 0.375. The number of anilines is 1. The molecule has 1 N–H and O–H groups in total. The van der Waals surface area contributed by atoms with Crippen LogP contribution in [0.2, 0.25) is 0 Å². The van der Waals surface area contributed by atoms with Crippen LogP contribution in [0.1, 0.15) is 66.2 Å². The molecule has 1 aromatic heterocycles. The molecule has 0 radical (unpaired) electrons. The molecule has 1 aromatic carbocycles. The third-order valence-electron chi connectivity index (χ3n) is 5.73. The van der Waals surface area contributed by atoms with Crippen molar-refractivity contribution in [2.75, 3.05) is 11.4 Å². The van der Waals surface area contributed by atoms with E-state index in [4.69, 9.17) is 0 Å². The van der Waals surface area contributed by atoms with Crippen molar-refractivity contribution in [3.05, 3.63) is 71.1 Å². The Balaban J connectivity index is 1.49. The second-order valence-electron chi connectivity index (χ2n) is 7.88. The number of allylic oxidation sites excluding steroid dienone is 1. The summed E-state index contributed by atoms with van der Waals surface area (Å²) in [4.78, 5) is 31.9. The molecule has 0 bridgehead atoms. The molecule has 4 rings (SSSR count). The topological polar surface area (TPSA) is 62.3 Å². The highest BCUT2D eigenvalue weighted by Crippen LogP contribution is 2.38. The number of carbonyl (C=O) groups is 2. The average molecular weight is 389 g/mol. The zero-order valence-electron chi connectivity index (χ0n) is 16.9. The zero-order chi connectivity index (χ0) is 20.2. The van der Waals surface area contributed by atoms with Crippen LogP contribution in [0.25, 0.3) is 0 Å². The summed E-state index contributed by atoms with van der Waals surface area (Å²) in [6, 6.07) is 11.0. The molecule has 2 aliphatic rings. The quantitative estimate of drug-likeness (QED) is 0.741. The molecule has 0 fully saturated rings. The highest BCUT2D eigenvalue weighted by molar-refractivity contribution is 6.11. The average Bonchev–Trinajstić information content (AvgIpc) is 3.01. The van der Waals surface area contributed by atoms with E-state index in [0.29, 0.717) is 17.8 Å². The van der Waals surface area contributed by atoms with E-state index in [1.54, 1.807) is 23.2 Å². The normalized spacial score (nSPS) is 18.4. The van der Waals surface area contributed by atoms with Gasteiger partial charge in [0.1, 0.15) is 0 Å². The molecular weight excluding hydrogens is 362 g/mol. The van der Waals surface area contributed by atoms with Crippen LogP contribution < -0.4 is 10.2 Å². The lowest BCUT2D eigenvalue weighted by molar-refractivity contribution is -0.121. The van der Waals surface area contributed by atoms with Crippen molar-refractivity contribution in [2.24, 2.45) is 0 Å². The van der Waals surface area contributed by atoms with Crippen molar-refractivity contribution in [2.45, 2.75) is 51.5 Å². The minimum absolute atomic E-state index is 0.0460. The Bertz CT molecular complexity index is 951. The fourth-order valence-corrected chi connectivity index (χ4v) is 4.26. The van der Waals surface area contributed by atoms with Gasteiger partial charge in [-0.3, -0.25) is 19.5 Å². The van der Waals surface area contributed by atoms with Gasteiger partial charge in [-0.25, -0.2) is 0 Å². The van der Waals surface area contributed by atoms with Crippen molar-refractivity contribution in [3.63, 3.8) is 0 Å². The van der Waals surface area contributed by atoms with Gasteiger partial charge < -0.3 is 5.32 Å². The fourth-order valence-electron chi connectivity index (χ4n) is 4.26. The minimum Gasteiger partial charge on any atom is -0.356 e. The van der Waals surface area contributed by atoms with Crippen molar-refractivity contribution in [3.8, 4) is 0 Å². The Morgan fingerprint density at radius 1 is 1.24 bits per heavy atom. The highest BCUT2D eigenvalue weighted by atomic mass is 16.2. The summed E-state index contributed by atoms with van der Waals surface area (Å²) in [7, 11) is 0. The first-order valence-electron chi connectivity index (χ1n) is 10.4. The Labute approximate surface area is 171 Å². The second-order valence-corrected chi connectivity index (χ2v) is 7.88. The van der Waals surface area contributed by atoms with Gasteiger partial charge in [-0.2, -0.15) is 0 Å². The lowest BCUT2D eigenvalue weighted by Gasteiger charge is -2.25. The van der Waals surface area contributed by atoms with Gasteiger partial charge in [0.2, 0.25) is 5.91 Å². The van der Waals surface area contributed by atoms with Crippen LogP contribution >= 0.6 is 0 Å². The zero-order valence-corrected chi connectivity index (χ0v) is 16.9. The number of fused-ring (bicyclic) bond motifs is 1. The van der Waals surface area contributed by atoms with Gasteiger partial charge in [0.25, 0.3) is 5.91 Å². The van der Waals surface area contributed by atoms with Crippen LogP contribution in [0.15, 0.2) is 54.2 Å². The molecule has 5 heteroatoms. The van der Waals surface area contributed by atoms with Gasteiger partial charge in [-0.15, -0.1) is 0 Å². The van der Waals surface area contributed by atoms with E-state index in [0.717, 1.165) is 30.5 Å². The number of amides is 2. The lowest BCUT2D eigenvalue weighted by atomic mass is 9.97. The van der Waals surface area contributed by atoms with Gasteiger partial charge in [0, 0.05) is 18.4 Å². The third-order valence-corrected chi connectivity index (χ3v) is 5.73.